The fourth-order valence-electron chi connectivity index (χ4n) is 1.86. The van der Waals surface area contributed by atoms with Gasteiger partial charge >= 0.3 is 0 Å². The summed E-state index contributed by atoms with van der Waals surface area (Å²) < 4.78 is 0. The van der Waals surface area contributed by atoms with E-state index >= 15 is 0 Å². The first-order chi connectivity index (χ1) is 8.24. The number of aromatic nitrogens is 3. The Morgan fingerprint density at radius 2 is 1.71 bits per heavy atom. The van der Waals surface area contributed by atoms with E-state index in [0.29, 0.717) is 11.5 Å². The molecular formula is C12H11N5. The molecule has 0 atom stereocenters. The molecule has 1 aromatic heterocycles. The van der Waals surface area contributed by atoms with Crippen molar-refractivity contribution in [3.8, 4) is 11.4 Å². The second-order valence-electron chi connectivity index (χ2n) is 3.83. The topological polar surface area (TPSA) is 93.6 Å². The predicted octanol–water partition coefficient (Wildman–Crippen LogP) is 1.79. The monoisotopic (exact) mass is 225 g/mol. The van der Waals surface area contributed by atoms with E-state index in [0.717, 1.165) is 16.3 Å². The average molecular weight is 225 g/mol. The molecule has 3 aromatic rings. The minimum atomic E-state index is 0.215. The molecule has 0 radical (unpaired) electrons. The van der Waals surface area contributed by atoms with Crippen molar-refractivity contribution in [2.75, 3.05) is 11.5 Å². The maximum absolute atomic E-state index is 6.00. The Hall–Kier alpha value is -2.56. The van der Waals surface area contributed by atoms with Gasteiger partial charge in [0.05, 0.1) is 0 Å². The van der Waals surface area contributed by atoms with Crippen LogP contribution in [0.1, 0.15) is 0 Å². The number of nitrogens with one attached hydrogen (secondary N) is 1. The Balaban J connectivity index is 2.26. The minimum absolute atomic E-state index is 0.215. The molecule has 0 saturated heterocycles. The van der Waals surface area contributed by atoms with Crippen LogP contribution in [0.15, 0.2) is 36.4 Å². The fourth-order valence-corrected chi connectivity index (χ4v) is 1.86. The third kappa shape index (κ3) is 1.57. The number of nitrogen functional groups attached to an aromatic ring is 2. The van der Waals surface area contributed by atoms with Crippen molar-refractivity contribution >= 4 is 22.4 Å². The van der Waals surface area contributed by atoms with Gasteiger partial charge in [-0.2, -0.15) is 4.98 Å². The lowest BCUT2D eigenvalue weighted by molar-refractivity contribution is 1.10. The van der Waals surface area contributed by atoms with Crippen LogP contribution < -0.4 is 11.5 Å². The molecule has 2 aromatic carbocycles. The normalized spacial score (nSPS) is 10.8. The molecule has 1 heterocycles. The van der Waals surface area contributed by atoms with Crippen molar-refractivity contribution < 1.29 is 0 Å². The number of hydrogen-bond acceptors (Lipinski definition) is 4. The lowest BCUT2D eigenvalue weighted by Gasteiger charge is -2.05. The minimum Gasteiger partial charge on any atom is -0.398 e. The van der Waals surface area contributed by atoms with Crippen LogP contribution in [0.2, 0.25) is 0 Å². The quantitative estimate of drug-likeness (QED) is 0.550. The number of rotatable bonds is 1. The van der Waals surface area contributed by atoms with E-state index in [1.54, 1.807) is 0 Å². The molecule has 5 nitrogen and oxygen atoms in total. The molecule has 84 valence electrons. The molecule has 0 spiro atoms. The zero-order chi connectivity index (χ0) is 11.8. The zero-order valence-corrected chi connectivity index (χ0v) is 9.01. The number of H-pyrrole nitrogens is 1. The van der Waals surface area contributed by atoms with E-state index in [-0.39, 0.29) is 5.95 Å². The lowest BCUT2D eigenvalue weighted by atomic mass is 10.0. The molecule has 3 rings (SSSR count). The number of aromatic amines is 1. The van der Waals surface area contributed by atoms with Crippen molar-refractivity contribution in [1.82, 2.24) is 15.2 Å². The summed E-state index contributed by atoms with van der Waals surface area (Å²) >= 11 is 0. The van der Waals surface area contributed by atoms with Crippen molar-refractivity contribution in [2.45, 2.75) is 0 Å². The third-order valence-electron chi connectivity index (χ3n) is 2.68. The molecule has 17 heavy (non-hydrogen) atoms. The number of hydrogen-bond donors (Lipinski definition) is 3. The zero-order valence-electron chi connectivity index (χ0n) is 9.01. The van der Waals surface area contributed by atoms with Crippen LogP contribution in [-0.2, 0) is 0 Å². The van der Waals surface area contributed by atoms with Crippen LogP contribution in [-0.4, -0.2) is 15.2 Å². The van der Waals surface area contributed by atoms with Gasteiger partial charge in [-0.05, 0) is 22.9 Å². The van der Waals surface area contributed by atoms with Crippen LogP contribution in [0.3, 0.4) is 0 Å². The molecule has 0 bridgehead atoms. The second kappa shape index (κ2) is 3.48. The molecule has 0 saturated carbocycles. The smallest absolute Gasteiger partial charge is 0.239 e. The van der Waals surface area contributed by atoms with Crippen LogP contribution in [0, 0.1) is 0 Å². The average Bonchev–Trinajstić information content (AvgIpc) is 2.75. The number of nitrogens with zero attached hydrogens (tertiary/aromatic N) is 2. The summed E-state index contributed by atoms with van der Waals surface area (Å²) in [6, 6.07) is 11.9. The van der Waals surface area contributed by atoms with E-state index in [9.17, 15) is 0 Å². The Morgan fingerprint density at radius 3 is 2.35 bits per heavy atom. The fraction of sp³-hybridized carbons (Fsp3) is 0. The van der Waals surface area contributed by atoms with Gasteiger partial charge in [0.15, 0.2) is 5.82 Å². The summed E-state index contributed by atoms with van der Waals surface area (Å²) in [6.07, 6.45) is 0. The van der Waals surface area contributed by atoms with Gasteiger partial charge in [0.25, 0.3) is 0 Å². The maximum atomic E-state index is 6.00. The second-order valence-corrected chi connectivity index (χ2v) is 3.83. The molecule has 0 aliphatic heterocycles. The van der Waals surface area contributed by atoms with Gasteiger partial charge < -0.3 is 11.5 Å². The van der Waals surface area contributed by atoms with E-state index in [2.05, 4.69) is 15.2 Å². The Kier molecular flexibility index (Phi) is 1.98. The van der Waals surface area contributed by atoms with E-state index < -0.39 is 0 Å². The highest BCUT2D eigenvalue weighted by atomic mass is 15.3. The number of benzene rings is 2. The standard InChI is InChI=1S/C12H11N5/c13-10-6-8-4-2-1-3-7(8)5-9(10)11-15-12(14)17-16-11/h1-6H,13H2,(H3,14,15,16,17). The highest BCUT2D eigenvalue weighted by Gasteiger charge is 2.08. The summed E-state index contributed by atoms with van der Waals surface area (Å²) in [6.45, 7) is 0. The highest BCUT2D eigenvalue weighted by molar-refractivity contribution is 5.92. The predicted molar refractivity (Wildman–Crippen MR) is 68.1 cm³/mol. The van der Waals surface area contributed by atoms with Gasteiger partial charge in [-0.15, -0.1) is 5.10 Å². The Labute approximate surface area is 97.5 Å². The van der Waals surface area contributed by atoms with Crippen LogP contribution in [0.5, 0.6) is 0 Å². The van der Waals surface area contributed by atoms with Gasteiger partial charge in [0.2, 0.25) is 5.95 Å². The molecule has 0 aliphatic rings. The van der Waals surface area contributed by atoms with Crippen molar-refractivity contribution in [2.24, 2.45) is 0 Å². The first-order valence-electron chi connectivity index (χ1n) is 5.20. The van der Waals surface area contributed by atoms with Crippen LogP contribution in [0.25, 0.3) is 22.2 Å². The van der Waals surface area contributed by atoms with E-state index in [1.165, 1.54) is 0 Å². The molecule has 0 aliphatic carbocycles. The largest absolute Gasteiger partial charge is 0.398 e. The lowest BCUT2D eigenvalue weighted by Crippen LogP contribution is -1.92. The molecule has 0 fully saturated rings. The highest BCUT2D eigenvalue weighted by Crippen LogP contribution is 2.28. The number of nitrogens with two attached hydrogens (primary N) is 2. The maximum Gasteiger partial charge on any atom is 0.239 e. The molecule has 0 amide bonds. The molecule has 5 heteroatoms. The van der Waals surface area contributed by atoms with E-state index in [4.69, 9.17) is 11.5 Å². The van der Waals surface area contributed by atoms with Crippen molar-refractivity contribution in [1.29, 1.82) is 0 Å². The van der Waals surface area contributed by atoms with Gasteiger partial charge in [-0.1, -0.05) is 24.3 Å². The van der Waals surface area contributed by atoms with Crippen molar-refractivity contribution in [3.05, 3.63) is 36.4 Å². The van der Waals surface area contributed by atoms with Gasteiger partial charge in [0.1, 0.15) is 0 Å². The van der Waals surface area contributed by atoms with Crippen molar-refractivity contribution in [3.63, 3.8) is 0 Å². The number of fused-ring (bicyclic) bond motifs is 1. The third-order valence-corrected chi connectivity index (χ3v) is 2.68. The summed E-state index contributed by atoms with van der Waals surface area (Å²) in [5, 5.41) is 8.76. The van der Waals surface area contributed by atoms with Crippen LogP contribution in [0.4, 0.5) is 11.6 Å². The Bertz CT molecular complexity index is 686. The van der Waals surface area contributed by atoms with Gasteiger partial charge in [-0.25, -0.2) is 0 Å². The molecular weight excluding hydrogens is 214 g/mol. The first-order valence-corrected chi connectivity index (χ1v) is 5.20. The summed E-state index contributed by atoms with van der Waals surface area (Å²) in [7, 11) is 0. The molecule has 5 N–H and O–H groups in total. The van der Waals surface area contributed by atoms with Gasteiger partial charge in [-0.3, -0.25) is 5.10 Å². The first kappa shape index (κ1) is 9.65. The summed E-state index contributed by atoms with van der Waals surface area (Å²) in [5.74, 6) is 0.804. The Morgan fingerprint density at radius 1 is 1.00 bits per heavy atom. The van der Waals surface area contributed by atoms with Crippen LogP contribution >= 0.6 is 0 Å². The summed E-state index contributed by atoms with van der Waals surface area (Å²) in [5.41, 5.74) is 12.9. The van der Waals surface area contributed by atoms with Gasteiger partial charge in [0, 0.05) is 11.3 Å². The number of anilines is 2. The summed E-state index contributed by atoms with van der Waals surface area (Å²) in [4.78, 5) is 4.08. The van der Waals surface area contributed by atoms with E-state index in [1.807, 2.05) is 36.4 Å². The SMILES string of the molecule is Nc1n[nH]c(-c2cc3ccccc3cc2N)n1. The molecule has 0 unspecified atom stereocenters.